The molecule has 1 heterocycles. The number of nitriles is 1. The first-order valence-electron chi connectivity index (χ1n) is 14.1. The molecule has 0 spiro atoms. The van der Waals surface area contributed by atoms with Crippen LogP contribution in [0.5, 0.6) is 17.2 Å². The second kappa shape index (κ2) is 11.9. The highest BCUT2D eigenvalue weighted by molar-refractivity contribution is 6.31. The van der Waals surface area contributed by atoms with E-state index in [1.54, 1.807) is 6.92 Å². The summed E-state index contributed by atoms with van der Waals surface area (Å²) >= 11 is 0. The summed E-state index contributed by atoms with van der Waals surface area (Å²) in [6.07, 6.45) is -5.61. The summed E-state index contributed by atoms with van der Waals surface area (Å²) in [6, 6.07) is 5.78. The van der Waals surface area contributed by atoms with Crippen LogP contribution in [0.1, 0.15) is 75.8 Å². The summed E-state index contributed by atoms with van der Waals surface area (Å²) < 4.78 is 22.5. The van der Waals surface area contributed by atoms with Crippen molar-refractivity contribution in [3.8, 4) is 23.3 Å². The van der Waals surface area contributed by atoms with Gasteiger partial charge in [-0.2, -0.15) is 5.26 Å². The van der Waals surface area contributed by atoms with Gasteiger partial charge in [-0.25, -0.2) is 0 Å². The summed E-state index contributed by atoms with van der Waals surface area (Å²) in [5.41, 5.74) is -3.22. The average molecular weight is 611 g/mol. The molecule has 5 unspecified atom stereocenters. The number of fused-ring (bicyclic) bond motifs is 3. The lowest BCUT2D eigenvalue weighted by molar-refractivity contribution is -0.249. The highest BCUT2D eigenvalue weighted by Crippen LogP contribution is 2.52. The number of benzene rings is 2. The number of nitrogens with zero attached hydrogens (tertiary/aromatic N) is 1. The quantitative estimate of drug-likeness (QED) is 0.228. The van der Waals surface area contributed by atoms with E-state index in [0.717, 1.165) is 0 Å². The molecule has 7 atom stereocenters. The molecule has 5 N–H and O–H groups in total. The van der Waals surface area contributed by atoms with E-state index in [1.165, 1.54) is 39.3 Å². The largest absolute Gasteiger partial charge is 0.507 e. The molecule has 1 fully saturated rings. The lowest BCUT2D eigenvalue weighted by Gasteiger charge is -2.43. The maximum Gasteiger partial charge on any atom is 0.202 e. The predicted molar refractivity (Wildman–Crippen MR) is 151 cm³/mol. The molecule has 2 aromatic rings. The Morgan fingerprint density at radius 3 is 2.52 bits per heavy atom. The van der Waals surface area contributed by atoms with Crippen LogP contribution >= 0.6 is 0 Å². The monoisotopic (exact) mass is 610 g/mol. The molecule has 44 heavy (non-hydrogen) atoms. The number of aliphatic hydroxyl groups excluding tert-OH is 1. The Kier molecular flexibility index (Phi) is 8.52. The molecule has 3 aliphatic rings. The van der Waals surface area contributed by atoms with Gasteiger partial charge in [0.2, 0.25) is 5.78 Å². The molecule has 234 valence electrons. The zero-order valence-corrected chi connectivity index (χ0v) is 24.6. The van der Waals surface area contributed by atoms with Crippen molar-refractivity contribution in [3.05, 3.63) is 51.6 Å². The molecule has 13 heteroatoms. The molecule has 2 aliphatic carbocycles. The summed E-state index contributed by atoms with van der Waals surface area (Å²) in [4.78, 5) is 40.1. The fraction of sp³-hybridized carbons (Fsp3) is 0.484. The van der Waals surface area contributed by atoms with Crippen LogP contribution in [0.3, 0.4) is 0 Å². The van der Waals surface area contributed by atoms with Crippen LogP contribution < -0.4 is 10.1 Å². The number of nitrogens with one attached hydrogen (secondary N) is 1. The molecule has 0 saturated carbocycles. The number of rotatable bonds is 8. The highest BCUT2D eigenvalue weighted by atomic mass is 16.7. The number of Topliss-reactive ketones (excluding diaryl/α,β-unsaturated/α-hetero) is 1. The number of aliphatic hydroxyl groups is 2. The van der Waals surface area contributed by atoms with Gasteiger partial charge in [0.15, 0.2) is 24.0 Å². The highest BCUT2D eigenvalue weighted by Gasteiger charge is 2.49. The zero-order valence-electron chi connectivity index (χ0n) is 24.6. The molecule has 0 bridgehead atoms. The maximum atomic E-state index is 13.8. The summed E-state index contributed by atoms with van der Waals surface area (Å²) in [5, 5.41) is 57.5. The number of hydrogen-bond donors (Lipinski definition) is 5. The first-order chi connectivity index (χ1) is 20.9. The molecular weight excluding hydrogens is 576 g/mol. The number of methoxy groups -OCH3 is 2. The van der Waals surface area contributed by atoms with E-state index in [-0.39, 0.29) is 47.4 Å². The molecule has 0 radical (unpaired) electrons. The van der Waals surface area contributed by atoms with E-state index < -0.39 is 88.7 Å². The fourth-order valence-electron chi connectivity index (χ4n) is 6.27. The van der Waals surface area contributed by atoms with Gasteiger partial charge in [-0.3, -0.25) is 14.4 Å². The molecule has 5 rings (SSSR count). The Labute approximate surface area is 252 Å². The smallest absolute Gasteiger partial charge is 0.202 e. The summed E-state index contributed by atoms with van der Waals surface area (Å²) in [5.74, 6) is -3.31. The number of phenols is 2. The molecule has 1 aliphatic heterocycles. The van der Waals surface area contributed by atoms with Gasteiger partial charge in [-0.15, -0.1) is 0 Å². The van der Waals surface area contributed by atoms with Gasteiger partial charge in [0, 0.05) is 55.6 Å². The van der Waals surface area contributed by atoms with E-state index in [9.17, 15) is 40.1 Å². The van der Waals surface area contributed by atoms with Crippen LogP contribution in [-0.4, -0.2) is 94.8 Å². The van der Waals surface area contributed by atoms with Gasteiger partial charge in [-0.05, 0) is 19.9 Å². The molecule has 13 nitrogen and oxygen atoms in total. The minimum atomic E-state index is -2.05. The first-order valence-corrected chi connectivity index (χ1v) is 14.1. The van der Waals surface area contributed by atoms with Crippen molar-refractivity contribution in [3.63, 3.8) is 0 Å². The second-order valence-corrected chi connectivity index (χ2v) is 11.3. The van der Waals surface area contributed by atoms with Crippen molar-refractivity contribution in [2.24, 2.45) is 0 Å². The SMILES string of the molecule is COc1cccc2c1C(=O)c1c(O)c3c(c(O)c1C2=O)C[C@@](O)(C(C)=O)C[C@@H]3OC1CC(NCC(C#N)OC)C(O)C(C)O1. The fourth-order valence-corrected chi connectivity index (χ4v) is 6.27. The molecule has 0 amide bonds. The minimum Gasteiger partial charge on any atom is -0.507 e. The third-order valence-corrected chi connectivity index (χ3v) is 8.75. The van der Waals surface area contributed by atoms with Crippen molar-refractivity contribution in [1.82, 2.24) is 5.32 Å². The van der Waals surface area contributed by atoms with Crippen molar-refractivity contribution in [2.45, 2.75) is 75.5 Å². The number of phenolic OH excluding ortho intramolecular Hbond substituents is 2. The van der Waals surface area contributed by atoms with Crippen molar-refractivity contribution < 1.29 is 53.8 Å². The van der Waals surface area contributed by atoms with Gasteiger partial charge in [0.05, 0.1) is 48.2 Å². The van der Waals surface area contributed by atoms with Gasteiger partial charge < -0.3 is 44.7 Å². The van der Waals surface area contributed by atoms with Crippen molar-refractivity contribution in [1.29, 1.82) is 5.26 Å². The van der Waals surface area contributed by atoms with Crippen molar-refractivity contribution in [2.75, 3.05) is 20.8 Å². The number of ketones is 3. The zero-order chi connectivity index (χ0) is 32.1. The topological polar surface area (TPSA) is 205 Å². The average Bonchev–Trinajstić information content (AvgIpc) is 2.99. The number of aromatic hydroxyl groups is 2. The molecule has 1 saturated heterocycles. The Balaban J connectivity index is 1.57. The number of carbonyl (C=O) groups is 3. The summed E-state index contributed by atoms with van der Waals surface area (Å²) in [6.45, 7) is 2.89. The van der Waals surface area contributed by atoms with Gasteiger partial charge in [-0.1, -0.05) is 12.1 Å². The Morgan fingerprint density at radius 2 is 1.89 bits per heavy atom. The van der Waals surface area contributed by atoms with Gasteiger partial charge in [0.1, 0.15) is 22.8 Å². The van der Waals surface area contributed by atoms with E-state index >= 15 is 0 Å². The lowest BCUT2D eigenvalue weighted by atomic mass is 9.72. The molecule has 0 aromatic heterocycles. The van der Waals surface area contributed by atoms with Crippen LogP contribution in [0, 0.1) is 11.3 Å². The van der Waals surface area contributed by atoms with E-state index in [0.29, 0.717) is 0 Å². The Hall–Kier alpha value is -3.90. The maximum absolute atomic E-state index is 13.8. The lowest BCUT2D eigenvalue weighted by Crippen LogP contribution is -2.55. The third-order valence-electron chi connectivity index (χ3n) is 8.75. The predicted octanol–water partition coefficient (Wildman–Crippen LogP) is 1.20. The van der Waals surface area contributed by atoms with Crippen LogP contribution in [0.4, 0.5) is 0 Å². The second-order valence-electron chi connectivity index (χ2n) is 11.3. The van der Waals surface area contributed by atoms with Crippen LogP contribution in [0.2, 0.25) is 0 Å². The van der Waals surface area contributed by atoms with Gasteiger partial charge >= 0.3 is 0 Å². The van der Waals surface area contributed by atoms with E-state index in [2.05, 4.69) is 5.32 Å². The Bertz CT molecular complexity index is 1570. The summed E-state index contributed by atoms with van der Waals surface area (Å²) in [7, 11) is 2.72. The number of carbonyl (C=O) groups excluding carboxylic acids is 3. The van der Waals surface area contributed by atoms with Crippen molar-refractivity contribution >= 4 is 17.3 Å². The van der Waals surface area contributed by atoms with Crippen LogP contribution in [0.15, 0.2) is 18.2 Å². The van der Waals surface area contributed by atoms with Gasteiger partial charge in [0.25, 0.3) is 0 Å². The van der Waals surface area contributed by atoms with E-state index in [1.807, 2.05) is 6.07 Å². The standard InChI is InChI=1S/C31H34N2O11/c1-13-26(35)18(33-12-15(11-32)41-3)8-21(43-13)44-20-10-31(40,14(2)34)9-17-23(20)30(39)25-24(28(17)37)27(36)16-6-5-7-19(42-4)22(16)29(25)38/h5-7,13,15,18,20-21,26,33,35,37,39-40H,8-10,12H2,1-4H3/t13?,15?,18?,20-,21?,26?,31-/m0/s1. The number of hydrogen-bond acceptors (Lipinski definition) is 13. The first kappa shape index (κ1) is 31.5. The normalized spacial score (nSPS) is 28.3. The Morgan fingerprint density at radius 1 is 1.18 bits per heavy atom. The minimum absolute atomic E-state index is 0.0317. The van der Waals surface area contributed by atoms with Crippen LogP contribution in [0.25, 0.3) is 0 Å². The van der Waals surface area contributed by atoms with Crippen LogP contribution in [-0.2, 0) is 25.4 Å². The third kappa shape index (κ3) is 5.13. The van der Waals surface area contributed by atoms with E-state index in [4.69, 9.17) is 18.9 Å². The molecular formula is C31H34N2O11. The molecule has 2 aromatic carbocycles. The number of ether oxygens (including phenoxy) is 4.